The first-order valence-corrected chi connectivity index (χ1v) is 30.1. The maximum atomic E-state index is 17.0. The third-order valence-corrected chi connectivity index (χ3v) is 19.7. The number of amides is 3. The summed E-state index contributed by atoms with van der Waals surface area (Å²) in [7, 11) is 5.48. The average Bonchev–Trinajstić information content (AvgIpc) is 4.28. The molecule has 4 saturated heterocycles. The number of halogens is 3. The van der Waals surface area contributed by atoms with E-state index in [1.165, 1.54) is 46.6 Å². The van der Waals surface area contributed by atoms with Gasteiger partial charge in [-0.1, -0.05) is 37.4 Å². The summed E-state index contributed by atoms with van der Waals surface area (Å²) in [6.45, 7) is 10.1. The number of rotatable bonds is 19. The number of ether oxygens (including phenoxy) is 5. The molecule has 8 rings (SSSR count). The van der Waals surface area contributed by atoms with E-state index in [-0.39, 0.29) is 53.9 Å². The number of hydrogen-bond donors (Lipinski definition) is 2. The van der Waals surface area contributed by atoms with Crippen molar-refractivity contribution in [3.63, 3.8) is 0 Å². The fraction of sp³-hybridized carbons (Fsp3) is 0.571. The number of esters is 1. The molecule has 4 fully saturated rings. The number of methoxy groups -OCH3 is 5. The first kappa shape index (κ1) is 57.2. The van der Waals surface area contributed by atoms with Gasteiger partial charge in [-0.05, 0) is 87.4 Å². The molecule has 3 amide bonds. The zero-order valence-electron chi connectivity index (χ0n) is 45.7. The maximum absolute atomic E-state index is 17.0. The number of hydrogen-bond acceptors (Lipinski definition) is 13. The SMILES string of the molecule is COC[C@H]1C[C@@H](c2nc3cc(F)c([C@H]4CC[C@H](c5ccc(CC(=O)[C@@H]6CCCN6C(=O)[C@@H](CC(=O)OC)[C@@H](C)OC)cc5)N4c4cc(F)c(N5CC[Si](C)(C)CC5)c(F)c4)cc3[nH]2)N(C(=O)[C@@H](NC(=O)OC)[C@@H](C)OC)C1. The molecule has 5 heterocycles. The Labute approximate surface area is 449 Å². The molecule has 0 unspecified atom stereocenters. The van der Waals surface area contributed by atoms with Gasteiger partial charge in [0.25, 0.3) is 0 Å². The van der Waals surface area contributed by atoms with Crippen LogP contribution < -0.4 is 15.1 Å². The molecule has 0 bridgehead atoms. The number of H-pyrrole nitrogens is 1. The summed E-state index contributed by atoms with van der Waals surface area (Å²) in [5, 5.41) is 2.61. The Bertz CT molecular complexity index is 2770. The van der Waals surface area contributed by atoms with E-state index in [9.17, 15) is 24.0 Å². The topological polar surface area (TPSA) is 185 Å². The van der Waals surface area contributed by atoms with Crippen molar-refractivity contribution in [1.82, 2.24) is 25.1 Å². The molecular formula is C56H74F3N7O10Si. The fourth-order valence-corrected chi connectivity index (χ4v) is 13.9. The summed E-state index contributed by atoms with van der Waals surface area (Å²) in [6, 6.07) is 11.5. The predicted octanol–water partition coefficient (Wildman–Crippen LogP) is 8.20. The molecule has 4 aliphatic rings. The Balaban J connectivity index is 1.10. The van der Waals surface area contributed by atoms with Crippen molar-refractivity contribution < 1.29 is 60.8 Å². The molecule has 0 saturated carbocycles. The number of likely N-dealkylation sites (tertiary alicyclic amines) is 2. The maximum Gasteiger partial charge on any atom is 0.407 e. The molecule has 77 heavy (non-hydrogen) atoms. The number of carbonyl (C=O) groups is 5. The van der Waals surface area contributed by atoms with Crippen LogP contribution in [-0.2, 0) is 49.3 Å². The van der Waals surface area contributed by atoms with E-state index < -0.39 is 91.8 Å². The molecule has 418 valence electrons. The lowest BCUT2D eigenvalue weighted by Gasteiger charge is -2.38. The largest absolute Gasteiger partial charge is 0.469 e. The molecule has 0 aliphatic carbocycles. The second kappa shape index (κ2) is 24.3. The van der Waals surface area contributed by atoms with Gasteiger partial charge in [0.2, 0.25) is 11.8 Å². The van der Waals surface area contributed by atoms with Gasteiger partial charge in [0.1, 0.15) is 23.4 Å². The van der Waals surface area contributed by atoms with Gasteiger partial charge >= 0.3 is 12.1 Å². The predicted molar refractivity (Wildman–Crippen MR) is 286 cm³/mol. The van der Waals surface area contributed by atoms with Gasteiger partial charge in [-0.25, -0.2) is 22.9 Å². The van der Waals surface area contributed by atoms with Gasteiger partial charge in [0.05, 0.1) is 88.6 Å². The van der Waals surface area contributed by atoms with Crippen LogP contribution in [0.4, 0.5) is 29.3 Å². The highest BCUT2D eigenvalue weighted by Crippen LogP contribution is 2.49. The van der Waals surface area contributed by atoms with Gasteiger partial charge in [-0.2, -0.15) is 0 Å². The van der Waals surface area contributed by atoms with E-state index in [0.29, 0.717) is 80.8 Å². The Kier molecular flexibility index (Phi) is 18.1. The highest BCUT2D eigenvalue weighted by atomic mass is 28.3. The minimum Gasteiger partial charge on any atom is -0.469 e. The second-order valence-corrected chi connectivity index (χ2v) is 27.3. The van der Waals surface area contributed by atoms with Crippen molar-refractivity contribution in [2.24, 2.45) is 11.8 Å². The normalized spacial score (nSPS) is 23.0. The number of aromatic amines is 1. The van der Waals surface area contributed by atoms with Gasteiger partial charge in [-0.3, -0.25) is 19.2 Å². The zero-order chi connectivity index (χ0) is 55.5. The number of nitrogens with one attached hydrogen (secondary N) is 2. The minimum absolute atomic E-state index is 0.0374. The molecule has 0 spiro atoms. The monoisotopic (exact) mass is 1090 g/mol. The number of anilines is 2. The van der Waals surface area contributed by atoms with Crippen LogP contribution >= 0.6 is 0 Å². The van der Waals surface area contributed by atoms with Crippen molar-refractivity contribution in [2.75, 3.05) is 78.1 Å². The summed E-state index contributed by atoms with van der Waals surface area (Å²) in [6.07, 6.45) is 0.225. The van der Waals surface area contributed by atoms with Crippen LogP contribution in [0.3, 0.4) is 0 Å². The number of benzene rings is 3. The molecule has 17 nitrogen and oxygen atoms in total. The lowest BCUT2D eigenvalue weighted by molar-refractivity contribution is -0.151. The molecule has 0 radical (unpaired) electrons. The number of ketones is 1. The molecular weight excluding hydrogens is 1020 g/mol. The highest BCUT2D eigenvalue weighted by Gasteiger charge is 2.44. The summed E-state index contributed by atoms with van der Waals surface area (Å²) in [5.74, 6) is -3.92. The Morgan fingerprint density at radius 1 is 0.792 bits per heavy atom. The summed E-state index contributed by atoms with van der Waals surface area (Å²) < 4.78 is 76.3. The van der Waals surface area contributed by atoms with Crippen LogP contribution in [0.5, 0.6) is 0 Å². The average molecular weight is 1090 g/mol. The van der Waals surface area contributed by atoms with E-state index in [0.717, 1.165) is 17.7 Å². The Hall–Kier alpha value is -6.03. The molecule has 2 N–H and O–H groups in total. The third-order valence-electron chi connectivity index (χ3n) is 16.6. The van der Waals surface area contributed by atoms with E-state index in [1.807, 2.05) is 29.2 Å². The standard InChI is InChI=1S/C56H74F3N7O10Si/c1-32(73-4)38(28-50(68)75-6)54(69)64-18-10-11-47(64)49(67)24-34-12-14-36(15-13-34)45-16-17-46(66(45)37-25-41(58)52(42(59)26-37)63-19-21-77(8,9)22-20-63)39-27-43-44(29-40(39)57)61-53(60-43)48-23-35(31-72-3)30-65(48)55(70)51(33(2)74-5)62-56(71)76-7/h12-15,25-27,29,32-33,35,38,45-48,51H,10-11,16-24,28,30-31H2,1-9H3,(H,60,61)(H,62,71)/t32-,33-,35+,38+,45-,46-,47+,48+,51+/m1/s1. The Morgan fingerprint density at radius 3 is 2.10 bits per heavy atom. The van der Waals surface area contributed by atoms with E-state index >= 15 is 13.2 Å². The molecule has 4 aliphatic heterocycles. The number of carbonyl (C=O) groups excluding carboxylic acids is 5. The lowest BCUT2D eigenvalue weighted by Crippen LogP contribution is -2.54. The number of imidazole rings is 1. The minimum atomic E-state index is -1.47. The van der Waals surface area contributed by atoms with Crippen LogP contribution in [0.15, 0.2) is 48.5 Å². The summed E-state index contributed by atoms with van der Waals surface area (Å²) in [5.41, 5.74) is 2.76. The van der Waals surface area contributed by atoms with Crippen molar-refractivity contribution in [2.45, 2.75) is 126 Å². The lowest BCUT2D eigenvalue weighted by atomic mass is 9.95. The first-order chi connectivity index (χ1) is 36.8. The molecule has 1 aromatic heterocycles. The smallest absolute Gasteiger partial charge is 0.407 e. The summed E-state index contributed by atoms with van der Waals surface area (Å²) >= 11 is 0. The molecule has 9 atom stereocenters. The van der Waals surface area contributed by atoms with Crippen molar-refractivity contribution >= 4 is 60.1 Å². The third kappa shape index (κ3) is 12.3. The van der Waals surface area contributed by atoms with E-state index in [1.54, 1.807) is 41.7 Å². The fourth-order valence-electron chi connectivity index (χ4n) is 11.9. The van der Waals surface area contributed by atoms with Crippen LogP contribution in [0.1, 0.15) is 93.0 Å². The second-order valence-electron chi connectivity index (χ2n) is 22.0. The number of fused-ring (bicyclic) bond motifs is 1. The van der Waals surface area contributed by atoms with Crippen LogP contribution in [0.2, 0.25) is 25.2 Å². The quantitative estimate of drug-likeness (QED) is 0.0677. The number of alkyl carbamates (subject to hydrolysis) is 1. The van der Waals surface area contributed by atoms with Gasteiger partial charge in [0, 0.05) is 77.2 Å². The van der Waals surface area contributed by atoms with Gasteiger partial charge < -0.3 is 53.6 Å². The molecule has 21 heteroatoms. The van der Waals surface area contributed by atoms with E-state index in [4.69, 9.17) is 28.7 Å². The van der Waals surface area contributed by atoms with Crippen LogP contribution in [0, 0.1) is 29.3 Å². The van der Waals surface area contributed by atoms with Gasteiger partial charge in [0.15, 0.2) is 17.4 Å². The first-order valence-electron chi connectivity index (χ1n) is 26.7. The highest BCUT2D eigenvalue weighted by molar-refractivity contribution is 6.77. The van der Waals surface area contributed by atoms with E-state index in [2.05, 4.69) is 23.4 Å². The molecule has 3 aromatic carbocycles. The van der Waals surface area contributed by atoms with Crippen LogP contribution in [-0.4, -0.2) is 150 Å². The number of aromatic nitrogens is 2. The van der Waals surface area contributed by atoms with Crippen molar-refractivity contribution in [1.29, 1.82) is 0 Å². The van der Waals surface area contributed by atoms with Crippen molar-refractivity contribution in [3.8, 4) is 0 Å². The Morgan fingerprint density at radius 2 is 1.47 bits per heavy atom. The number of Topliss-reactive ketones (excluding diaryl/α,β-unsaturated/α-hetero) is 1. The van der Waals surface area contributed by atoms with Crippen LogP contribution in [0.25, 0.3) is 11.0 Å². The number of nitrogens with zero attached hydrogens (tertiary/aromatic N) is 5. The van der Waals surface area contributed by atoms with Gasteiger partial charge in [-0.15, -0.1) is 0 Å². The molecule has 4 aromatic rings. The zero-order valence-corrected chi connectivity index (χ0v) is 46.7. The van der Waals surface area contributed by atoms with Crippen molar-refractivity contribution in [3.05, 3.63) is 88.5 Å². The summed E-state index contributed by atoms with van der Waals surface area (Å²) in [4.78, 5) is 81.9.